The number of hydrogen-bond donors (Lipinski definition) is 3. The minimum atomic E-state index is -4.84. The maximum Gasteiger partial charge on any atom is 0.416 e. The predicted molar refractivity (Wildman–Crippen MR) is 199 cm³/mol. The molecule has 12 nitrogen and oxygen atoms in total. The van der Waals surface area contributed by atoms with Gasteiger partial charge in [-0.3, -0.25) is 23.7 Å². The van der Waals surface area contributed by atoms with Gasteiger partial charge in [0.05, 0.1) is 27.9 Å². The van der Waals surface area contributed by atoms with Crippen molar-refractivity contribution in [3.8, 4) is 6.01 Å². The second-order valence-electron chi connectivity index (χ2n) is 16.0. The number of carbonyl (C=O) groups is 3. The van der Waals surface area contributed by atoms with Crippen LogP contribution in [0.15, 0.2) is 54.6 Å². The third kappa shape index (κ3) is 7.83. The number of amides is 3. The highest BCUT2D eigenvalue weighted by atomic mass is 32.2. The number of halogens is 4. The molecule has 5 atom stereocenters. The molecule has 4 aliphatic rings. The van der Waals surface area contributed by atoms with Crippen LogP contribution < -0.4 is 20.1 Å². The van der Waals surface area contributed by atoms with Gasteiger partial charge in [-0.05, 0) is 89.6 Å². The molecular formula is C39H46F4N6O6S. The Balaban J connectivity index is 1.23. The Bertz CT molecular complexity index is 2170. The smallest absolute Gasteiger partial charge is 0.416 e. The Hall–Kier alpha value is -4.67. The van der Waals surface area contributed by atoms with Gasteiger partial charge in [-0.15, -0.1) is 0 Å². The van der Waals surface area contributed by atoms with Gasteiger partial charge in [0.1, 0.15) is 29.5 Å². The van der Waals surface area contributed by atoms with E-state index in [4.69, 9.17) is 4.74 Å². The van der Waals surface area contributed by atoms with Crippen LogP contribution in [-0.2, 0) is 30.6 Å². The first-order valence-electron chi connectivity index (χ1n) is 19.0. The molecule has 2 aliphatic carbocycles. The monoisotopic (exact) mass is 802 g/mol. The Morgan fingerprint density at radius 2 is 1.84 bits per heavy atom. The van der Waals surface area contributed by atoms with E-state index in [1.54, 1.807) is 13.0 Å². The normalized spacial score (nSPS) is 27.4. The summed E-state index contributed by atoms with van der Waals surface area (Å²) in [6, 6.07) is 7.21. The van der Waals surface area contributed by atoms with Crippen LogP contribution in [-0.4, -0.2) is 75.6 Å². The maximum absolute atomic E-state index is 14.6. The van der Waals surface area contributed by atoms with Gasteiger partial charge in [-0.1, -0.05) is 37.1 Å². The number of rotatable bonds is 8. The fraction of sp³-hybridized carbons (Fsp3) is 0.538. The second kappa shape index (κ2) is 14.7. The van der Waals surface area contributed by atoms with Crippen LogP contribution in [0.4, 0.5) is 23.2 Å². The Kier molecular flexibility index (Phi) is 10.4. The number of alkyl halides is 3. The molecule has 7 rings (SSSR count). The van der Waals surface area contributed by atoms with Crippen molar-refractivity contribution in [2.24, 2.45) is 5.92 Å². The Labute approximate surface area is 322 Å². The van der Waals surface area contributed by atoms with Crippen molar-refractivity contribution in [3.05, 3.63) is 66.0 Å². The molecule has 0 bridgehead atoms. The van der Waals surface area contributed by atoms with Crippen LogP contribution in [0.3, 0.4) is 0 Å². The van der Waals surface area contributed by atoms with Gasteiger partial charge in [0, 0.05) is 24.1 Å². The van der Waals surface area contributed by atoms with Crippen LogP contribution in [0, 0.1) is 11.7 Å². The fourth-order valence-electron chi connectivity index (χ4n) is 7.74. The van der Waals surface area contributed by atoms with Gasteiger partial charge in [0.15, 0.2) is 0 Å². The second-order valence-corrected chi connectivity index (χ2v) is 18.2. The lowest BCUT2D eigenvalue weighted by Gasteiger charge is -2.30. The van der Waals surface area contributed by atoms with E-state index in [-0.39, 0.29) is 43.5 Å². The zero-order valence-corrected chi connectivity index (χ0v) is 32.2. The van der Waals surface area contributed by atoms with E-state index in [1.807, 2.05) is 48.8 Å². The lowest BCUT2D eigenvalue weighted by atomic mass is 10.0. The molecule has 2 saturated carbocycles. The summed E-state index contributed by atoms with van der Waals surface area (Å²) >= 11 is 0. The van der Waals surface area contributed by atoms with Gasteiger partial charge in [-0.25, -0.2) is 12.8 Å². The summed E-state index contributed by atoms with van der Waals surface area (Å²) in [6.45, 7) is 5.34. The van der Waals surface area contributed by atoms with Crippen molar-refractivity contribution < 1.29 is 45.1 Å². The van der Waals surface area contributed by atoms with E-state index in [0.717, 1.165) is 17.6 Å². The number of hydrogen-bond acceptors (Lipinski definition) is 8. The van der Waals surface area contributed by atoms with Crippen molar-refractivity contribution in [1.29, 1.82) is 0 Å². The van der Waals surface area contributed by atoms with E-state index in [2.05, 4.69) is 20.3 Å². The number of nitrogens with zero attached hydrogens (tertiary/aromatic N) is 3. The van der Waals surface area contributed by atoms with Crippen molar-refractivity contribution in [2.75, 3.05) is 11.9 Å². The lowest BCUT2D eigenvalue weighted by molar-refractivity contribution is -0.140. The maximum atomic E-state index is 14.6. The number of fused-ring (bicyclic) bond motifs is 3. The van der Waals surface area contributed by atoms with E-state index >= 15 is 0 Å². The number of para-hydroxylation sites is 2. The predicted octanol–water partition coefficient (Wildman–Crippen LogP) is 6.00. The Morgan fingerprint density at radius 1 is 1.09 bits per heavy atom. The number of aromatic nitrogens is 2. The van der Waals surface area contributed by atoms with E-state index in [0.29, 0.717) is 50.1 Å². The molecule has 302 valence electrons. The number of allylic oxidation sites excluding steroid dienone is 1. The number of anilines is 1. The van der Waals surface area contributed by atoms with Crippen molar-refractivity contribution in [2.45, 2.75) is 119 Å². The van der Waals surface area contributed by atoms with Crippen LogP contribution in [0.25, 0.3) is 11.0 Å². The SMILES string of the molecule is CC(C)n1c(O[C@@H]2C[C@H]3C(=O)N[C@]4(C(=O)NS(=O)(=O)C5(C)CC5)C[C@H]4/C=C\CCCCC[C@H](Nc4cc(F)cc(C(F)(F)F)c4)C(=O)N3C2)nc2ccccc21. The molecule has 1 saturated heterocycles. The number of carbonyl (C=O) groups excluding carboxylic acids is 3. The van der Waals surface area contributed by atoms with Crippen LogP contribution in [0.2, 0.25) is 0 Å². The molecule has 2 aliphatic heterocycles. The summed E-state index contributed by atoms with van der Waals surface area (Å²) < 4.78 is 91.3. The highest BCUT2D eigenvalue weighted by molar-refractivity contribution is 7.91. The fourth-order valence-corrected chi connectivity index (χ4v) is 9.05. The summed E-state index contributed by atoms with van der Waals surface area (Å²) in [7, 11) is -4.05. The summed E-state index contributed by atoms with van der Waals surface area (Å²) in [6.07, 6.45) is 1.48. The molecule has 1 aromatic heterocycles. The third-order valence-corrected chi connectivity index (χ3v) is 13.6. The molecule has 56 heavy (non-hydrogen) atoms. The minimum absolute atomic E-state index is 0.0433. The molecule has 0 radical (unpaired) electrons. The number of ether oxygens (including phenoxy) is 1. The van der Waals surface area contributed by atoms with E-state index in [1.165, 1.54) is 4.90 Å². The number of sulfonamides is 1. The largest absolute Gasteiger partial charge is 0.459 e. The lowest BCUT2D eigenvalue weighted by Crippen LogP contribution is -2.58. The van der Waals surface area contributed by atoms with Crippen molar-refractivity contribution in [3.63, 3.8) is 0 Å². The first-order chi connectivity index (χ1) is 26.4. The number of imidazole rings is 1. The molecule has 3 fully saturated rings. The molecule has 2 aromatic carbocycles. The van der Waals surface area contributed by atoms with E-state index in [9.17, 15) is 40.4 Å². The zero-order chi connectivity index (χ0) is 40.2. The highest BCUT2D eigenvalue weighted by Crippen LogP contribution is 2.47. The molecule has 17 heteroatoms. The highest BCUT2D eigenvalue weighted by Gasteiger charge is 2.63. The van der Waals surface area contributed by atoms with E-state index < -0.39 is 79.7 Å². The molecule has 3 amide bonds. The first-order valence-corrected chi connectivity index (χ1v) is 20.5. The van der Waals surface area contributed by atoms with Gasteiger partial charge in [0.25, 0.3) is 11.9 Å². The van der Waals surface area contributed by atoms with Crippen molar-refractivity contribution in [1.82, 2.24) is 24.5 Å². The average Bonchev–Trinajstić information content (AvgIpc) is 3.94. The number of nitrogens with one attached hydrogen (secondary N) is 3. The van der Waals surface area contributed by atoms with Crippen LogP contribution >= 0.6 is 0 Å². The average molecular weight is 803 g/mol. The summed E-state index contributed by atoms with van der Waals surface area (Å²) in [5.41, 5.74) is -1.59. The number of benzene rings is 2. The first kappa shape index (κ1) is 39.6. The summed E-state index contributed by atoms with van der Waals surface area (Å²) in [4.78, 5) is 48.9. The summed E-state index contributed by atoms with van der Waals surface area (Å²) in [5.74, 6) is -3.86. The van der Waals surface area contributed by atoms with Gasteiger partial charge < -0.3 is 20.3 Å². The standard InChI is InChI=1S/C39H46F4N6O6S/c1-23(2)49-31-14-10-9-12-29(31)45-36(49)55-28-20-32-33(50)46-38(35(52)47-56(53,54)37(3)15-16-37)21-24(38)11-7-5-4-6-8-13-30(34(51)48(32)22-28)44-27-18-25(39(41,42)43)17-26(40)19-27/h7,9-12,14,17-19,23-24,28,30,32,44H,4-6,8,13,15-16,20-22H2,1-3H3,(H,46,50)(H,47,52)/b11-7-/t24-,28-,30+,32+,38-/m1/s1. The molecule has 0 unspecified atom stereocenters. The molecule has 3 N–H and O–H groups in total. The topological polar surface area (TPSA) is 152 Å². The van der Waals surface area contributed by atoms with Gasteiger partial charge >= 0.3 is 6.18 Å². The third-order valence-electron chi connectivity index (χ3n) is 11.4. The molecule has 0 spiro atoms. The zero-order valence-electron chi connectivity index (χ0n) is 31.4. The Morgan fingerprint density at radius 3 is 2.55 bits per heavy atom. The quantitative estimate of drug-likeness (QED) is 0.186. The van der Waals surface area contributed by atoms with Crippen LogP contribution in [0.5, 0.6) is 6.01 Å². The summed E-state index contributed by atoms with van der Waals surface area (Å²) in [5, 5.41) is 5.66. The minimum Gasteiger partial charge on any atom is -0.459 e. The van der Waals surface area contributed by atoms with Crippen LogP contribution in [0.1, 0.15) is 90.2 Å². The van der Waals surface area contributed by atoms with Gasteiger partial charge in [0.2, 0.25) is 21.8 Å². The van der Waals surface area contributed by atoms with Gasteiger partial charge in [-0.2, -0.15) is 18.2 Å². The van der Waals surface area contributed by atoms with Crippen molar-refractivity contribution >= 4 is 44.5 Å². The molecule has 3 heterocycles. The molecule has 3 aromatic rings. The molecular weight excluding hydrogens is 757 g/mol.